The van der Waals surface area contributed by atoms with E-state index in [9.17, 15) is 14.4 Å². The number of nitrogens with zero attached hydrogens (tertiary/aromatic N) is 1. The number of nitrogens with one attached hydrogen (secondary N) is 1. The van der Waals surface area contributed by atoms with Gasteiger partial charge in [-0.25, -0.2) is 0 Å². The Hall–Kier alpha value is -1.59. The number of rotatable bonds is 5. The second-order valence-corrected chi connectivity index (χ2v) is 5.87. The Morgan fingerprint density at radius 2 is 2.00 bits per heavy atom. The van der Waals surface area contributed by atoms with Gasteiger partial charge in [-0.2, -0.15) is 0 Å². The lowest BCUT2D eigenvalue weighted by atomic mass is 9.96. The van der Waals surface area contributed by atoms with Crippen molar-refractivity contribution in [3.8, 4) is 0 Å². The molecule has 20 heavy (non-hydrogen) atoms. The first kappa shape index (κ1) is 14.8. The summed E-state index contributed by atoms with van der Waals surface area (Å²) in [4.78, 5) is 36.4. The highest BCUT2D eigenvalue weighted by molar-refractivity contribution is 5.96. The summed E-state index contributed by atoms with van der Waals surface area (Å²) in [6, 6.07) is 0. The van der Waals surface area contributed by atoms with Crippen LogP contribution in [0, 0.1) is 17.8 Å². The van der Waals surface area contributed by atoms with Crippen LogP contribution in [0.1, 0.15) is 32.6 Å². The number of hydrogen-bond acceptors (Lipinski definition) is 3. The number of carboxylic acid groups (broad SMARTS) is 1. The van der Waals surface area contributed by atoms with Gasteiger partial charge < -0.3 is 15.3 Å². The van der Waals surface area contributed by atoms with Gasteiger partial charge in [-0.1, -0.05) is 0 Å². The summed E-state index contributed by atoms with van der Waals surface area (Å²) in [6.07, 6.45) is 3.89. The van der Waals surface area contributed by atoms with E-state index in [4.69, 9.17) is 5.11 Å². The molecule has 1 saturated heterocycles. The van der Waals surface area contributed by atoms with Crippen LogP contribution in [0.15, 0.2) is 0 Å². The van der Waals surface area contributed by atoms with E-state index in [1.54, 1.807) is 0 Å². The van der Waals surface area contributed by atoms with Crippen molar-refractivity contribution < 1.29 is 19.5 Å². The average molecular weight is 282 g/mol. The third-order valence-electron chi connectivity index (χ3n) is 4.11. The smallest absolute Gasteiger partial charge is 0.315 e. The van der Waals surface area contributed by atoms with Crippen LogP contribution in [0.25, 0.3) is 0 Å². The van der Waals surface area contributed by atoms with Crippen LogP contribution in [-0.2, 0) is 14.4 Å². The monoisotopic (exact) mass is 282 g/mol. The first-order valence-electron chi connectivity index (χ1n) is 7.28. The van der Waals surface area contributed by atoms with Gasteiger partial charge in [0.1, 0.15) is 5.92 Å². The van der Waals surface area contributed by atoms with Crippen LogP contribution in [-0.4, -0.2) is 47.4 Å². The highest BCUT2D eigenvalue weighted by Gasteiger charge is 2.33. The van der Waals surface area contributed by atoms with Gasteiger partial charge in [0.15, 0.2) is 0 Å². The van der Waals surface area contributed by atoms with Crippen LogP contribution >= 0.6 is 0 Å². The van der Waals surface area contributed by atoms with Gasteiger partial charge in [0, 0.05) is 19.6 Å². The maximum absolute atomic E-state index is 12.0. The third-order valence-corrected chi connectivity index (χ3v) is 4.11. The number of amides is 2. The molecule has 112 valence electrons. The lowest BCUT2D eigenvalue weighted by Gasteiger charge is -2.33. The summed E-state index contributed by atoms with van der Waals surface area (Å²) < 4.78 is 0. The van der Waals surface area contributed by atoms with E-state index in [0.29, 0.717) is 19.0 Å². The van der Waals surface area contributed by atoms with E-state index in [-0.39, 0.29) is 11.8 Å². The van der Waals surface area contributed by atoms with Gasteiger partial charge in [-0.3, -0.25) is 14.4 Å². The van der Waals surface area contributed by atoms with Gasteiger partial charge in [0.05, 0.1) is 5.92 Å². The molecule has 1 saturated carbocycles. The molecule has 0 aromatic carbocycles. The number of hydrogen-bond donors (Lipinski definition) is 2. The van der Waals surface area contributed by atoms with Gasteiger partial charge in [0.25, 0.3) is 0 Å². The Balaban J connectivity index is 1.85. The second kappa shape index (κ2) is 6.24. The number of carboxylic acids is 1. The number of aliphatic carboxylic acids is 1. The zero-order valence-electron chi connectivity index (χ0n) is 11.8. The van der Waals surface area contributed by atoms with E-state index >= 15 is 0 Å². The van der Waals surface area contributed by atoms with E-state index in [1.165, 1.54) is 24.7 Å². The Labute approximate surface area is 118 Å². The van der Waals surface area contributed by atoms with E-state index in [1.807, 2.05) is 0 Å². The first-order chi connectivity index (χ1) is 9.49. The molecule has 0 bridgehead atoms. The van der Waals surface area contributed by atoms with Gasteiger partial charge in [-0.15, -0.1) is 0 Å². The van der Waals surface area contributed by atoms with Crippen molar-refractivity contribution in [1.29, 1.82) is 0 Å². The molecule has 2 aliphatic rings. The van der Waals surface area contributed by atoms with Gasteiger partial charge in [0.2, 0.25) is 11.8 Å². The van der Waals surface area contributed by atoms with Crippen LogP contribution in [0.2, 0.25) is 0 Å². The summed E-state index contributed by atoms with van der Waals surface area (Å²) in [5.74, 6) is -2.12. The summed E-state index contributed by atoms with van der Waals surface area (Å²) >= 11 is 0. The molecule has 1 heterocycles. The molecule has 2 atom stereocenters. The molecule has 6 heteroatoms. The fourth-order valence-electron chi connectivity index (χ4n) is 2.48. The van der Waals surface area contributed by atoms with Gasteiger partial charge in [-0.05, 0) is 38.5 Å². The SMILES string of the molecule is CC(C(=O)O)C(=O)N1CCCC(C(=O)NCC2CC2)C1. The molecule has 1 aliphatic heterocycles. The van der Waals surface area contributed by atoms with E-state index in [2.05, 4.69) is 5.32 Å². The first-order valence-corrected chi connectivity index (χ1v) is 7.28. The Kier molecular flexibility index (Phi) is 4.62. The molecule has 0 spiro atoms. The minimum Gasteiger partial charge on any atom is -0.481 e. The van der Waals surface area contributed by atoms with E-state index in [0.717, 1.165) is 19.4 Å². The van der Waals surface area contributed by atoms with Crippen molar-refractivity contribution in [3.05, 3.63) is 0 Å². The van der Waals surface area contributed by atoms with Crippen molar-refractivity contribution in [2.45, 2.75) is 32.6 Å². The zero-order chi connectivity index (χ0) is 14.7. The predicted molar refractivity (Wildman–Crippen MR) is 71.8 cm³/mol. The standard InChI is InChI=1S/C14H22N2O4/c1-9(14(19)20)13(18)16-6-2-3-11(8-16)12(17)15-7-10-4-5-10/h9-11H,2-8H2,1H3,(H,15,17)(H,19,20). The maximum Gasteiger partial charge on any atom is 0.315 e. The summed E-state index contributed by atoms with van der Waals surface area (Å²) in [6.45, 7) is 3.01. The van der Waals surface area contributed by atoms with E-state index < -0.39 is 17.8 Å². The molecule has 2 rings (SSSR count). The molecule has 0 aromatic rings. The molecule has 0 aromatic heterocycles. The minimum absolute atomic E-state index is 0.00243. The Morgan fingerprint density at radius 1 is 1.30 bits per heavy atom. The number of carbonyl (C=O) groups is 3. The quantitative estimate of drug-likeness (QED) is 0.718. The fraction of sp³-hybridized carbons (Fsp3) is 0.786. The van der Waals surface area contributed by atoms with Crippen LogP contribution in [0.4, 0.5) is 0 Å². The number of piperidine rings is 1. The molecule has 0 radical (unpaired) electrons. The predicted octanol–water partition coefficient (Wildman–Crippen LogP) is 0.472. The normalized spacial score (nSPS) is 24.1. The molecular formula is C14H22N2O4. The molecule has 6 nitrogen and oxygen atoms in total. The topological polar surface area (TPSA) is 86.7 Å². The zero-order valence-corrected chi connectivity index (χ0v) is 11.8. The summed E-state index contributed by atoms with van der Waals surface area (Å²) in [7, 11) is 0. The fourth-order valence-corrected chi connectivity index (χ4v) is 2.48. The highest BCUT2D eigenvalue weighted by Crippen LogP contribution is 2.28. The Morgan fingerprint density at radius 3 is 2.60 bits per heavy atom. The minimum atomic E-state index is -1.12. The van der Waals surface area contributed by atoms with Crippen molar-refractivity contribution in [3.63, 3.8) is 0 Å². The van der Waals surface area contributed by atoms with Crippen molar-refractivity contribution in [1.82, 2.24) is 10.2 Å². The third kappa shape index (κ3) is 3.71. The van der Waals surface area contributed by atoms with Crippen molar-refractivity contribution >= 4 is 17.8 Å². The lowest BCUT2D eigenvalue weighted by molar-refractivity contribution is -0.151. The molecular weight excluding hydrogens is 260 g/mol. The molecule has 2 unspecified atom stereocenters. The highest BCUT2D eigenvalue weighted by atomic mass is 16.4. The largest absolute Gasteiger partial charge is 0.481 e. The van der Waals surface area contributed by atoms with Crippen LogP contribution < -0.4 is 5.32 Å². The van der Waals surface area contributed by atoms with Crippen LogP contribution in [0.3, 0.4) is 0 Å². The summed E-state index contributed by atoms with van der Waals surface area (Å²) in [5.41, 5.74) is 0. The average Bonchev–Trinajstić information content (AvgIpc) is 3.27. The summed E-state index contributed by atoms with van der Waals surface area (Å²) in [5, 5.41) is 11.8. The number of likely N-dealkylation sites (tertiary alicyclic amines) is 1. The lowest BCUT2D eigenvalue weighted by Crippen LogP contribution is -2.48. The molecule has 2 N–H and O–H groups in total. The van der Waals surface area contributed by atoms with Crippen molar-refractivity contribution in [2.75, 3.05) is 19.6 Å². The van der Waals surface area contributed by atoms with Crippen molar-refractivity contribution in [2.24, 2.45) is 17.8 Å². The second-order valence-electron chi connectivity index (χ2n) is 5.87. The maximum atomic E-state index is 12.0. The molecule has 1 aliphatic carbocycles. The van der Waals surface area contributed by atoms with Gasteiger partial charge >= 0.3 is 5.97 Å². The van der Waals surface area contributed by atoms with Crippen LogP contribution in [0.5, 0.6) is 0 Å². The molecule has 2 amide bonds. The number of carbonyl (C=O) groups excluding carboxylic acids is 2. The Bertz CT molecular complexity index is 406. The molecule has 2 fully saturated rings.